The number of hydrogen-bond acceptors (Lipinski definition) is 2. The Balaban J connectivity index is 1.97. The van der Waals surface area contributed by atoms with E-state index in [0.717, 1.165) is 12.0 Å². The molecule has 0 radical (unpaired) electrons. The molecule has 0 amide bonds. The predicted molar refractivity (Wildman–Crippen MR) is 69.3 cm³/mol. The van der Waals surface area contributed by atoms with Crippen LogP contribution in [0.4, 0.5) is 0 Å². The van der Waals surface area contributed by atoms with Gasteiger partial charge in [-0.3, -0.25) is 4.90 Å². The summed E-state index contributed by atoms with van der Waals surface area (Å²) in [5.74, 6) is 1.60. The third-order valence-corrected chi connectivity index (χ3v) is 5.29. The zero-order valence-corrected chi connectivity index (χ0v) is 11.2. The van der Waals surface area contributed by atoms with Gasteiger partial charge in [0, 0.05) is 24.7 Å². The topological polar surface area (TPSA) is 29.3 Å². The lowest BCUT2D eigenvalue weighted by Gasteiger charge is -2.46. The highest BCUT2D eigenvalue weighted by atomic mass is 15.2. The smallest absolute Gasteiger partial charge is 0.0110 e. The van der Waals surface area contributed by atoms with Crippen molar-refractivity contribution in [3.63, 3.8) is 0 Å². The largest absolute Gasteiger partial charge is 0.327 e. The molecule has 2 aliphatic rings. The van der Waals surface area contributed by atoms with Crippen LogP contribution in [0.2, 0.25) is 0 Å². The van der Waals surface area contributed by atoms with Crippen LogP contribution in [0.1, 0.15) is 52.9 Å². The molecule has 1 saturated carbocycles. The zero-order valence-electron chi connectivity index (χ0n) is 11.2. The molecular weight excluding hydrogens is 196 g/mol. The molecule has 16 heavy (non-hydrogen) atoms. The number of piperidine rings is 1. The summed E-state index contributed by atoms with van der Waals surface area (Å²) in [6.07, 6.45) is 6.98. The van der Waals surface area contributed by atoms with Crippen molar-refractivity contribution >= 4 is 0 Å². The summed E-state index contributed by atoms with van der Waals surface area (Å²) in [5, 5.41) is 0. The van der Waals surface area contributed by atoms with Gasteiger partial charge in [0.15, 0.2) is 0 Å². The van der Waals surface area contributed by atoms with E-state index in [2.05, 4.69) is 25.7 Å². The second-order valence-electron chi connectivity index (χ2n) is 6.08. The molecule has 1 heterocycles. The molecule has 2 rings (SSSR count). The SMILES string of the molecule is CC1C(N)CCN(C(C)C2CCCC2)C1C. The van der Waals surface area contributed by atoms with Crippen LogP contribution in [0.3, 0.4) is 0 Å². The molecule has 1 aliphatic carbocycles. The van der Waals surface area contributed by atoms with Crippen molar-refractivity contribution in [1.82, 2.24) is 4.90 Å². The third-order valence-electron chi connectivity index (χ3n) is 5.29. The summed E-state index contributed by atoms with van der Waals surface area (Å²) in [4.78, 5) is 2.73. The molecule has 0 aromatic heterocycles. The fourth-order valence-electron chi connectivity index (χ4n) is 3.71. The maximum Gasteiger partial charge on any atom is 0.0110 e. The Morgan fingerprint density at radius 3 is 2.38 bits per heavy atom. The molecule has 0 bridgehead atoms. The van der Waals surface area contributed by atoms with Crippen LogP contribution in [-0.4, -0.2) is 29.6 Å². The van der Waals surface area contributed by atoms with Crippen molar-refractivity contribution in [1.29, 1.82) is 0 Å². The first-order chi connectivity index (χ1) is 7.61. The van der Waals surface area contributed by atoms with E-state index in [0.29, 0.717) is 18.0 Å². The van der Waals surface area contributed by atoms with Crippen molar-refractivity contribution in [2.45, 2.75) is 71.0 Å². The lowest BCUT2D eigenvalue weighted by Crippen LogP contribution is -2.55. The highest BCUT2D eigenvalue weighted by molar-refractivity contribution is 4.91. The van der Waals surface area contributed by atoms with Crippen LogP contribution in [0.5, 0.6) is 0 Å². The molecule has 2 heteroatoms. The van der Waals surface area contributed by atoms with E-state index in [-0.39, 0.29) is 0 Å². The van der Waals surface area contributed by atoms with Crippen molar-refractivity contribution in [3.8, 4) is 0 Å². The first kappa shape index (κ1) is 12.4. The van der Waals surface area contributed by atoms with Crippen LogP contribution in [0, 0.1) is 11.8 Å². The van der Waals surface area contributed by atoms with Crippen molar-refractivity contribution in [3.05, 3.63) is 0 Å². The van der Waals surface area contributed by atoms with Crippen molar-refractivity contribution in [2.75, 3.05) is 6.54 Å². The standard InChI is InChI=1S/C14H28N2/c1-10-11(2)16(9-8-14(10)15)12(3)13-6-4-5-7-13/h10-14H,4-9,15H2,1-3H3. The molecule has 2 nitrogen and oxygen atoms in total. The van der Waals surface area contributed by atoms with Gasteiger partial charge in [0.1, 0.15) is 0 Å². The molecule has 94 valence electrons. The fourth-order valence-corrected chi connectivity index (χ4v) is 3.71. The van der Waals surface area contributed by atoms with Gasteiger partial charge < -0.3 is 5.73 Å². The van der Waals surface area contributed by atoms with Gasteiger partial charge in [-0.25, -0.2) is 0 Å². The van der Waals surface area contributed by atoms with Gasteiger partial charge >= 0.3 is 0 Å². The first-order valence-corrected chi connectivity index (χ1v) is 7.12. The van der Waals surface area contributed by atoms with Gasteiger partial charge in [0.25, 0.3) is 0 Å². The molecule has 4 unspecified atom stereocenters. The Bertz CT molecular complexity index is 223. The van der Waals surface area contributed by atoms with Gasteiger partial charge in [-0.15, -0.1) is 0 Å². The van der Waals surface area contributed by atoms with Gasteiger partial charge in [0.2, 0.25) is 0 Å². The summed E-state index contributed by atoms with van der Waals surface area (Å²) in [6.45, 7) is 8.35. The second-order valence-corrected chi connectivity index (χ2v) is 6.08. The second kappa shape index (κ2) is 5.05. The third kappa shape index (κ3) is 2.28. The van der Waals surface area contributed by atoms with Crippen molar-refractivity contribution < 1.29 is 0 Å². The number of nitrogens with two attached hydrogens (primary N) is 1. The van der Waals surface area contributed by atoms with Gasteiger partial charge in [-0.05, 0) is 44.9 Å². The van der Waals surface area contributed by atoms with E-state index in [4.69, 9.17) is 5.73 Å². The lowest BCUT2D eigenvalue weighted by molar-refractivity contribution is 0.0394. The van der Waals surface area contributed by atoms with E-state index in [1.807, 2.05) is 0 Å². The highest BCUT2D eigenvalue weighted by Gasteiger charge is 2.35. The Kier molecular flexibility index (Phi) is 3.91. The molecule has 1 saturated heterocycles. The lowest BCUT2D eigenvalue weighted by atomic mass is 9.85. The number of hydrogen-bond donors (Lipinski definition) is 1. The summed E-state index contributed by atoms with van der Waals surface area (Å²) in [7, 11) is 0. The molecular formula is C14H28N2. The normalized spacial score (nSPS) is 40.1. The maximum atomic E-state index is 6.16. The molecule has 0 spiro atoms. The molecule has 1 aliphatic heterocycles. The molecule has 0 aromatic rings. The Labute approximate surface area is 101 Å². The summed E-state index contributed by atoms with van der Waals surface area (Å²) in [6, 6.07) is 1.86. The summed E-state index contributed by atoms with van der Waals surface area (Å²) >= 11 is 0. The van der Waals surface area contributed by atoms with Crippen molar-refractivity contribution in [2.24, 2.45) is 17.6 Å². The minimum absolute atomic E-state index is 0.419. The van der Waals surface area contributed by atoms with E-state index in [1.54, 1.807) is 0 Å². The average Bonchev–Trinajstić information content (AvgIpc) is 2.79. The maximum absolute atomic E-state index is 6.16. The minimum Gasteiger partial charge on any atom is -0.327 e. The van der Waals surface area contributed by atoms with Crippen LogP contribution >= 0.6 is 0 Å². The van der Waals surface area contributed by atoms with E-state index in [9.17, 15) is 0 Å². The fraction of sp³-hybridized carbons (Fsp3) is 1.00. The van der Waals surface area contributed by atoms with E-state index < -0.39 is 0 Å². The molecule has 2 fully saturated rings. The number of likely N-dealkylation sites (tertiary alicyclic amines) is 1. The zero-order chi connectivity index (χ0) is 11.7. The van der Waals surface area contributed by atoms with Crippen LogP contribution in [-0.2, 0) is 0 Å². The predicted octanol–water partition coefficient (Wildman–Crippen LogP) is 2.62. The van der Waals surface area contributed by atoms with Gasteiger partial charge in [-0.1, -0.05) is 19.8 Å². The Hall–Kier alpha value is -0.0800. The average molecular weight is 224 g/mol. The summed E-state index contributed by atoms with van der Waals surface area (Å²) < 4.78 is 0. The van der Waals surface area contributed by atoms with Gasteiger partial charge in [-0.2, -0.15) is 0 Å². The minimum atomic E-state index is 0.419. The monoisotopic (exact) mass is 224 g/mol. The van der Waals surface area contributed by atoms with Gasteiger partial charge in [0.05, 0.1) is 0 Å². The summed E-state index contributed by atoms with van der Waals surface area (Å²) in [5.41, 5.74) is 6.16. The first-order valence-electron chi connectivity index (χ1n) is 7.12. The number of nitrogens with zero attached hydrogens (tertiary/aromatic N) is 1. The van der Waals surface area contributed by atoms with E-state index in [1.165, 1.54) is 38.6 Å². The van der Waals surface area contributed by atoms with Crippen LogP contribution in [0.15, 0.2) is 0 Å². The van der Waals surface area contributed by atoms with Crippen LogP contribution in [0.25, 0.3) is 0 Å². The molecule has 2 N–H and O–H groups in total. The number of rotatable bonds is 2. The quantitative estimate of drug-likeness (QED) is 0.781. The highest BCUT2D eigenvalue weighted by Crippen LogP contribution is 2.33. The Morgan fingerprint density at radius 1 is 1.12 bits per heavy atom. The Morgan fingerprint density at radius 2 is 1.75 bits per heavy atom. The molecule has 0 aromatic carbocycles. The van der Waals surface area contributed by atoms with Crippen LogP contribution < -0.4 is 5.73 Å². The molecule has 4 atom stereocenters. The van der Waals surface area contributed by atoms with E-state index >= 15 is 0 Å².